The fraction of sp³-hybridized carbons (Fsp3) is 0.259. The minimum absolute atomic E-state index is 0.0685. The Morgan fingerprint density at radius 1 is 1.00 bits per heavy atom. The molecule has 0 aromatic heterocycles. The lowest BCUT2D eigenvalue weighted by Gasteiger charge is -2.20. The highest BCUT2D eigenvalue weighted by atomic mass is 32.2. The number of aryl methyl sites for hydroxylation is 2. The number of rotatable bonds is 7. The van der Waals surface area contributed by atoms with Gasteiger partial charge in [-0.1, -0.05) is 48.0 Å². The number of anilines is 2. The zero-order valence-electron chi connectivity index (χ0n) is 20.0. The molecule has 2 N–H and O–H groups in total. The smallest absolute Gasteiger partial charge is 0.242 e. The average Bonchev–Trinajstić information content (AvgIpc) is 3.25. The summed E-state index contributed by atoms with van der Waals surface area (Å²) < 4.78 is 29.3. The lowest BCUT2D eigenvalue weighted by molar-refractivity contribution is -0.118. The summed E-state index contributed by atoms with van der Waals surface area (Å²) in [4.78, 5) is 26.8. The molecule has 3 aromatic carbocycles. The highest BCUT2D eigenvalue weighted by molar-refractivity contribution is 7.89. The van der Waals surface area contributed by atoms with Crippen LogP contribution in [0.3, 0.4) is 0 Å². The Kier molecular flexibility index (Phi) is 7.05. The Hall–Kier alpha value is -3.49. The van der Waals surface area contributed by atoms with Crippen LogP contribution in [0.25, 0.3) is 0 Å². The summed E-state index contributed by atoms with van der Waals surface area (Å²) in [5, 5.41) is 2.88. The van der Waals surface area contributed by atoms with Crippen molar-refractivity contribution in [2.45, 2.75) is 44.6 Å². The zero-order chi connectivity index (χ0) is 25.2. The van der Waals surface area contributed by atoms with Crippen LogP contribution in [0.5, 0.6) is 0 Å². The van der Waals surface area contributed by atoms with Gasteiger partial charge < -0.3 is 10.2 Å². The van der Waals surface area contributed by atoms with E-state index in [2.05, 4.69) is 10.0 Å². The molecule has 182 valence electrons. The molecule has 1 aliphatic heterocycles. The van der Waals surface area contributed by atoms with Gasteiger partial charge in [-0.25, -0.2) is 8.42 Å². The molecule has 7 nitrogen and oxygen atoms in total. The molecule has 0 bridgehead atoms. The van der Waals surface area contributed by atoms with Gasteiger partial charge in [0.2, 0.25) is 21.8 Å². The fourth-order valence-corrected chi connectivity index (χ4v) is 5.58. The second-order valence-corrected chi connectivity index (χ2v) is 10.6. The number of nitrogens with zero attached hydrogens (tertiary/aromatic N) is 1. The summed E-state index contributed by atoms with van der Waals surface area (Å²) in [6.45, 7) is 5.88. The monoisotopic (exact) mass is 491 g/mol. The number of amides is 2. The fourth-order valence-electron chi connectivity index (χ4n) is 4.34. The van der Waals surface area contributed by atoms with Crippen LogP contribution in [-0.4, -0.2) is 32.8 Å². The lowest BCUT2D eigenvalue weighted by atomic mass is 10.1. The van der Waals surface area contributed by atoms with Gasteiger partial charge in [0, 0.05) is 24.8 Å². The first kappa shape index (κ1) is 24.6. The third-order valence-electron chi connectivity index (χ3n) is 6.17. The molecule has 0 radical (unpaired) electrons. The van der Waals surface area contributed by atoms with Gasteiger partial charge in [0.15, 0.2) is 0 Å². The van der Waals surface area contributed by atoms with Crippen molar-refractivity contribution >= 4 is 33.2 Å². The van der Waals surface area contributed by atoms with Crippen LogP contribution in [0.4, 0.5) is 11.4 Å². The topological polar surface area (TPSA) is 95.6 Å². The first-order valence-electron chi connectivity index (χ1n) is 11.5. The van der Waals surface area contributed by atoms with Crippen molar-refractivity contribution in [1.82, 2.24) is 4.72 Å². The second-order valence-electron chi connectivity index (χ2n) is 8.88. The number of hydrogen-bond donors (Lipinski definition) is 2. The molecule has 0 spiro atoms. The maximum Gasteiger partial charge on any atom is 0.242 e. The molecule has 0 saturated carbocycles. The second kappa shape index (κ2) is 10.0. The van der Waals surface area contributed by atoms with E-state index in [4.69, 9.17) is 0 Å². The maximum absolute atomic E-state index is 13.3. The predicted octanol–water partition coefficient (Wildman–Crippen LogP) is 3.74. The first-order chi connectivity index (χ1) is 16.6. The Morgan fingerprint density at radius 2 is 1.74 bits per heavy atom. The van der Waals surface area contributed by atoms with E-state index < -0.39 is 22.0 Å². The summed E-state index contributed by atoms with van der Waals surface area (Å²) in [6, 6.07) is 18.7. The zero-order valence-corrected chi connectivity index (χ0v) is 20.9. The Labute approximate surface area is 206 Å². The summed E-state index contributed by atoms with van der Waals surface area (Å²) in [6.07, 6.45) is 0.777. The van der Waals surface area contributed by atoms with Crippen molar-refractivity contribution in [2.75, 3.05) is 16.8 Å². The van der Waals surface area contributed by atoms with Crippen molar-refractivity contribution in [2.24, 2.45) is 0 Å². The molecule has 35 heavy (non-hydrogen) atoms. The molecule has 4 rings (SSSR count). The number of nitrogens with one attached hydrogen (secondary N) is 2. The predicted molar refractivity (Wildman–Crippen MR) is 137 cm³/mol. The molecule has 0 unspecified atom stereocenters. The number of hydrogen-bond acceptors (Lipinski definition) is 4. The molecule has 8 heteroatoms. The summed E-state index contributed by atoms with van der Waals surface area (Å²) in [7, 11) is -4.01. The lowest BCUT2D eigenvalue weighted by Crippen LogP contribution is -2.45. The molecule has 3 aromatic rings. The van der Waals surface area contributed by atoms with E-state index in [9.17, 15) is 18.0 Å². The van der Waals surface area contributed by atoms with E-state index in [1.807, 2.05) is 62.4 Å². The standard InChI is InChI=1S/C27H29N3O4S/c1-18-9-11-24(19(2)15-18)28-27(32)25(16-21-7-5-4-6-8-21)29-35(33,34)23-10-12-26-22(17-23)13-14-30(26)20(3)31/h4-12,15,17,25,29H,13-14,16H2,1-3H3,(H,28,32)/t25-/m0/s1. The van der Waals surface area contributed by atoms with Gasteiger partial charge in [-0.3, -0.25) is 9.59 Å². The van der Waals surface area contributed by atoms with E-state index in [0.717, 1.165) is 27.9 Å². The Balaban J connectivity index is 1.61. The van der Waals surface area contributed by atoms with Crippen molar-refractivity contribution in [3.05, 3.63) is 89.0 Å². The normalized spacial score (nSPS) is 13.9. The maximum atomic E-state index is 13.3. The number of benzene rings is 3. The van der Waals surface area contributed by atoms with Gasteiger partial charge >= 0.3 is 0 Å². The molecular weight excluding hydrogens is 462 g/mol. The average molecular weight is 492 g/mol. The first-order valence-corrected chi connectivity index (χ1v) is 13.0. The third kappa shape index (κ3) is 5.61. The van der Waals surface area contributed by atoms with Crippen LogP contribution < -0.4 is 14.9 Å². The van der Waals surface area contributed by atoms with Crippen LogP contribution in [0.1, 0.15) is 29.2 Å². The van der Waals surface area contributed by atoms with Gasteiger partial charge in [0.05, 0.1) is 4.90 Å². The van der Waals surface area contributed by atoms with Crippen molar-refractivity contribution in [3.8, 4) is 0 Å². The minimum Gasteiger partial charge on any atom is -0.324 e. The quantitative estimate of drug-likeness (QED) is 0.526. The summed E-state index contributed by atoms with van der Waals surface area (Å²) in [5.41, 5.74) is 4.96. The molecule has 0 fully saturated rings. The van der Waals surface area contributed by atoms with E-state index >= 15 is 0 Å². The van der Waals surface area contributed by atoms with Gasteiger partial charge in [-0.15, -0.1) is 0 Å². The minimum atomic E-state index is -4.01. The Bertz CT molecular complexity index is 1370. The van der Waals surface area contributed by atoms with Gasteiger partial charge in [0.25, 0.3) is 0 Å². The van der Waals surface area contributed by atoms with Crippen LogP contribution in [0, 0.1) is 13.8 Å². The van der Waals surface area contributed by atoms with Gasteiger partial charge in [-0.05, 0) is 67.6 Å². The van der Waals surface area contributed by atoms with E-state index in [-0.39, 0.29) is 17.2 Å². The van der Waals surface area contributed by atoms with Crippen LogP contribution in [0.15, 0.2) is 71.6 Å². The van der Waals surface area contributed by atoms with Crippen LogP contribution >= 0.6 is 0 Å². The van der Waals surface area contributed by atoms with Crippen molar-refractivity contribution in [1.29, 1.82) is 0 Å². The SMILES string of the molecule is CC(=O)N1CCc2cc(S(=O)(=O)N[C@@H](Cc3ccccc3)C(=O)Nc3ccc(C)cc3C)ccc21. The summed E-state index contributed by atoms with van der Waals surface area (Å²) >= 11 is 0. The van der Waals surface area contributed by atoms with Crippen LogP contribution in [0.2, 0.25) is 0 Å². The molecule has 1 atom stereocenters. The Morgan fingerprint density at radius 3 is 2.43 bits per heavy atom. The molecule has 1 heterocycles. The molecular formula is C27H29N3O4S. The molecule has 1 aliphatic rings. The van der Waals surface area contributed by atoms with E-state index in [1.165, 1.54) is 13.0 Å². The molecule has 0 saturated heterocycles. The highest BCUT2D eigenvalue weighted by Crippen LogP contribution is 2.30. The van der Waals surface area contributed by atoms with Gasteiger partial charge in [0.1, 0.15) is 6.04 Å². The highest BCUT2D eigenvalue weighted by Gasteiger charge is 2.29. The van der Waals surface area contributed by atoms with E-state index in [1.54, 1.807) is 17.0 Å². The largest absolute Gasteiger partial charge is 0.324 e. The number of carbonyl (C=O) groups is 2. The molecule has 2 amide bonds. The van der Waals surface area contributed by atoms with Gasteiger partial charge in [-0.2, -0.15) is 4.72 Å². The number of carbonyl (C=O) groups excluding carboxylic acids is 2. The molecule has 0 aliphatic carbocycles. The van der Waals surface area contributed by atoms with E-state index in [0.29, 0.717) is 18.7 Å². The summed E-state index contributed by atoms with van der Waals surface area (Å²) in [5.74, 6) is -0.517. The number of fused-ring (bicyclic) bond motifs is 1. The number of sulfonamides is 1. The van der Waals surface area contributed by atoms with Crippen molar-refractivity contribution < 1.29 is 18.0 Å². The van der Waals surface area contributed by atoms with Crippen LogP contribution in [-0.2, 0) is 32.5 Å². The van der Waals surface area contributed by atoms with Crippen molar-refractivity contribution in [3.63, 3.8) is 0 Å². The third-order valence-corrected chi connectivity index (χ3v) is 7.64.